The van der Waals surface area contributed by atoms with Crippen LogP contribution in [0.1, 0.15) is 39.9 Å². The van der Waals surface area contributed by atoms with Crippen LogP contribution in [0.2, 0.25) is 0 Å². The lowest BCUT2D eigenvalue weighted by Crippen LogP contribution is -2.35. The molecule has 1 fully saturated rings. The van der Waals surface area contributed by atoms with Gasteiger partial charge in [-0.05, 0) is 65.9 Å². The molecule has 2 aromatic carbocycles. The van der Waals surface area contributed by atoms with Gasteiger partial charge in [0.25, 0.3) is 5.91 Å². The number of rotatable bonds is 6. The van der Waals surface area contributed by atoms with Gasteiger partial charge in [0.05, 0.1) is 34.6 Å². The second-order valence-electron chi connectivity index (χ2n) is 9.10. The number of benzene rings is 2. The van der Waals surface area contributed by atoms with Crippen molar-refractivity contribution < 1.29 is 22.4 Å². The lowest BCUT2D eigenvalue weighted by atomic mass is 10.0. The smallest absolute Gasteiger partial charge is 0.342 e. The number of nitrogens with zero attached hydrogens (tertiary/aromatic N) is 3. The molecular formula is C28H21F4N5O. The SMILES string of the molecule is N#C/C=C(\CN)c1ccc2ncc(-c3ccc(C(=O)NC4(c5ccc(C(F)(F)F)cc5)CC4)c(F)c3)n2c1. The number of hydrogen-bond donors (Lipinski definition) is 2. The number of fused-ring (bicyclic) bond motifs is 1. The number of nitrogens with one attached hydrogen (secondary N) is 1. The largest absolute Gasteiger partial charge is 0.416 e. The molecule has 0 bridgehead atoms. The van der Waals surface area contributed by atoms with Crippen molar-refractivity contribution in [2.24, 2.45) is 5.73 Å². The summed E-state index contributed by atoms with van der Waals surface area (Å²) in [6.45, 7) is 0.162. The van der Waals surface area contributed by atoms with Gasteiger partial charge in [-0.1, -0.05) is 18.2 Å². The van der Waals surface area contributed by atoms with Gasteiger partial charge in [-0.2, -0.15) is 18.4 Å². The lowest BCUT2D eigenvalue weighted by molar-refractivity contribution is -0.137. The van der Waals surface area contributed by atoms with Gasteiger partial charge in [-0.3, -0.25) is 9.20 Å². The first kappa shape index (κ1) is 25.2. The van der Waals surface area contributed by atoms with Crippen LogP contribution in [0.3, 0.4) is 0 Å². The molecule has 4 aromatic rings. The first-order valence-electron chi connectivity index (χ1n) is 11.7. The van der Waals surface area contributed by atoms with Gasteiger partial charge in [0.15, 0.2) is 0 Å². The van der Waals surface area contributed by atoms with E-state index in [-0.39, 0.29) is 12.1 Å². The molecule has 0 saturated heterocycles. The van der Waals surface area contributed by atoms with Gasteiger partial charge in [-0.15, -0.1) is 0 Å². The highest BCUT2D eigenvalue weighted by atomic mass is 19.4. The minimum absolute atomic E-state index is 0.162. The molecule has 2 aromatic heterocycles. The Morgan fingerprint density at radius 1 is 1.16 bits per heavy atom. The van der Waals surface area contributed by atoms with Crippen LogP contribution in [0.4, 0.5) is 17.6 Å². The maximum atomic E-state index is 15.2. The van der Waals surface area contributed by atoms with Crippen molar-refractivity contribution in [3.05, 3.63) is 101 Å². The Bertz CT molecular complexity index is 1610. The number of pyridine rings is 1. The van der Waals surface area contributed by atoms with E-state index in [0.717, 1.165) is 17.7 Å². The van der Waals surface area contributed by atoms with Gasteiger partial charge in [0, 0.05) is 24.4 Å². The van der Waals surface area contributed by atoms with E-state index in [1.54, 1.807) is 35.0 Å². The number of aromatic nitrogens is 2. The summed E-state index contributed by atoms with van der Waals surface area (Å²) in [5, 5.41) is 11.8. The Balaban J connectivity index is 1.40. The molecule has 0 radical (unpaired) electrons. The summed E-state index contributed by atoms with van der Waals surface area (Å²) in [6, 6.07) is 14.4. The molecule has 10 heteroatoms. The molecule has 0 unspecified atom stereocenters. The number of nitrogens with two attached hydrogens (primary N) is 1. The highest BCUT2D eigenvalue weighted by Gasteiger charge is 2.46. The molecule has 1 aliphatic rings. The highest BCUT2D eigenvalue weighted by Crippen LogP contribution is 2.46. The fourth-order valence-electron chi connectivity index (χ4n) is 4.45. The predicted octanol–water partition coefficient (Wildman–Crippen LogP) is 5.44. The van der Waals surface area contributed by atoms with Crippen molar-refractivity contribution in [1.29, 1.82) is 5.26 Å². The van der Waals surface area contributed by atoms with E-state index < -0.39 is 29.0 Å². The Labute approximate surface area is 215 Å². The molecule has 5 rings (SSSR count). The fourth-order valence-corrected chi connectivity index (χ4v) is 4.45. The van der Waals surface area contributed by atoms with Gasteiger partial charge in [0.1, 0.15) is 11.5 Å². The summed E-state index contributed by atoms with van der Waals surface area (Å²) in [5.41, 5.74) is 7.54. The van der Waals surface area contributed by atoms with E-state index in [1.165, 1.54) is 30.3 Å². The molecule has 0 aliphatic heterocycles. The second-order valence-corrected chi connectivity index (χ2v) is 9.10. The van der Waals surface area contributed by atoms with Crippen molar-refractivity contribution in [1.82, 2.24) is 14.7 Å². The Hall–Kier alpha value is -4.49. The summed E-state index contributed by atoms with van der Waals surface area (Å²) in [5.74, 6) is -1.40. The molecule has 2 heterocycles. The summed E-state index contributed by atoms with van der Waals surface area (Å²) in [7, 11) is 0. The lowest BCUT2D eigenvalue weighted by Gasteiger charge is -2.19. The zero-order valence-electron chi connectivity index (χ0n) is 19.9. The van der Waals surface area contributed by atoms with E-state index in [1.807, 2.05) is 6.07 Å². The van der Waals surface area contributed by atoms with Gasteiger partial charge in [0.2, 0.25) is 0 Å². The van der Waals surface area contributed by atoms with E-state index in [0.29, 0.717) is 40.9 Å². The topological polar surface area (TPSA) is 96.2 Å². The molecule has 38 heavy (non-hydrogen) atoms. The second kappa shape index (κ2) is 9.43. The fraction of sp³-hybridized carbons (Fsp3) is 0.179. The van der Waals surface area contributed by atoms with Crippen molar-refractivity contribution in [3.63, 3.8) is 0 Å². The van der Waals surface area contributed by atoms with E-state index in [9.17, 15) is 18.0 Å². The molecule has 1 saturated carbocycles. The molecule has 0 atom stereocenters. The van der Waals surface area contributed by atoms with E-state index in [4.69, 9.17) is 11.0 Å². The Kier molecular flexibility index (Phi) is 6.25. The number of carbonyl (C=O) groups excluding carboxylic acids is 1. The van der Waals surface area contributed by atoms with Crippen LogP contribution in [0.25, 0.3) is 22.5 Å². The Morgan fingerprint density at radius 2 is 1.89 bits per heavy atom. The summed E-state index contributed by atoms with van der Waals surface area (Å²) < 4.78 is 55.6. The van der Waals surface area contributed by atoms with Crippen LogP contribution in [-0.2, 0) is 11.7 Å². The van der Waals surface area contributed by atoms with Crippen LogP contribution in [-0.4, -0.2) is 21.8 Å². The zero-order valence-corrected chi connectivity index (χ0v) is 19.9. The Morgan fingerprint density at radius 3 is 2.50 bits per heavy atom. The van der Waals surface area contributed by atoms with Crippen molar-refractivity contribution >= 4 is 17.1 Å². The highest BCUT2D eigenvalue weighted by molar-refractivity contribution is 5.96. The summed E-state index contributed by atoms with van der Waals surface area (Å²) in [6.07, 6.45) is 1.33. The number of amides is 1. The van der Waals surface area contributed by atoms with Crippen LogP contribution < -0.4 is 11.1 Å². The first-order chi connectivity index (χ1) is 18.1. The number of carbonyl (C=O) groups is 1. The van der Waals surface area contributed by atoms with E-state index in [2.05, 4.69) is 10.3 Å². The summed E-state index contributed by atoms with van der Waals surface area (Å²) in [4.78, 5) is 17.3. The monoisotopic (exact) mass is 519 g/mol. The third kappa shape index (κ3) is 4.64. The number of allylic oxidation sites excluding steroid dienone is 1. The van der Waals surface area contributed by atoms with E-state index >= 15 is 4.39 Å². The molecule has 1 amide bonds. The number of halogens is 4. The van der Waals surface area contributed by atoms with Crippen molar-refractivity contribution in [2.45, 2.75) is 24.6 Å². The molecular weight excluding hydrogens is 498 g/mol. The van der Waals surface area contributed by atoms with Crippen LogP contribution in [0.15, 0.2) is 73.1 Å². The standard InChI is InChI=1S/C28H21F4N5O/c29-23-13-17(24-15-35-25-8-2-19(16-37(24)25)18(14-34)9-12-33)1-7-22(23)26(38)36-27(10-11-27)20-3-5-21(6-4-20)28(30,31)32/h1-9,13,15-16H,10-11,14,34H2,(H,36,38)/b18-9+. The molecule has 3 N–H and O–H groups in total. The minimum Gasteiger partial charge on any atom is -0.342 e. The van der Waals surface area contributed by atoms with Gasteiger partial charge in [-0.25, -0.2) is 9.37 Å². The van der Waals surface area contributed by atoms with Crippen LogP contribution in [0, 0.1) is 17.1 Å². The van der Waals surface area contributed by atoms with Crippen molar-refractivity contribution in [2.75, 3.05) is 6.54 Å². The number of imidazole rings is 1. The van der Waals surface area contributed by atoms with Gasteiger partial charge < -0.3 is 11.1 Å². The first-order valence-corrected chi connectivity index (χ1v) is 11.7. The summed E-state index contributed by atoms with van der Waals surface area (Å²) >= 11 is 0. The third-order valence-electron chi connectivity index (χ3n) is 6.71. The number of alkyl halides is 3. The predicted molar refractivity (Wildman–Crippen MR) is 133 cm³/mol. The van der Waals surface area contributed by atoms with Crippen LogP contribution >= 0.6 is 0 Å². The molecule has 192 valence electrons. The third-order valence-corrected chi connectivity index (χ3v) is 6.71. The maximum absolute atomic E-state index is 15.2. The van der Waals surface area contributed by atoms with Crippen LogP contribution in [0.5, 0.6) is 0 Å². The zero-order chi connectivity index (χ0) is 27.1. The number of nitriles is 1. The molecule has 1 aliphatic carbocycles. The molecule has 0 spiro atoms. The average molecular weight is 520 g/mol. The number of hydrogen-bond acceptors (Lipinski definition) is 4. The maximum Gasteiger partial charge on any atom is 0.416 e. The van der Waals surface area contributed by atoms with Crippen molar-refractivity contribution in [3.8, 4) is 17.3 Å². The van der Waals surface area contributed by atoms with Gasteiger partial charge >= 0.3 is 6.18 Å². The quantitative estimate of drug-likeness (QED) is 0.262. The average Bonchev–Trinajstić information content (AvgIpc) is 3.55. The normalized spacial score (nSPS) is 14.8. The molecule has 6 nitrogen and oxygen atoms in total. The minimum atomic E-state index is -4.45.